The van der Waals surface area contributed by atoms with Gasteiger partial charge >= 0.3 is 0 Å². The average Bonchev–Trinajstić information content (AvgIpc) is 2.88. The van der Waals surface area contributed by atoms with E-state index in [9.17, 15) is 13.2 Å². The number of carbonyl (C=O) groups is 1. The summed E-state index contributed by atoms with van der Waals surface area (Å²) in [6.45, 7) is 0.430. The molecule has 5 nitrogen and oxygen atoms in total. The third-order valence-corrected chi connectivity index (χ3v) is 5.33. The molecule has 1 atom stereocenters. The molecule has 1 saturated heterocycles. The van der Waals surface area contributed by atoms with Crippen molar-refractivity contribution < 1.29 is 13.2 Å². The van der Waals surface area contributed by atoms with E-state index in [0.717, 1.165) is 12.0 Å². The zero-order valence-electron chi connectivity index (χ0n) is 11.8. The van der Waals surface area contributed by atoms with Crippen LogP contribution in [0.25, 0.3) is 0 Å². The molecule has 0 radical (unpaired) electrons. The standard InChI is InChI=1S/C14H20N2O3S/c1-15(2)14(17)13-9-6-10-16(13)20(18,19)11-12-7-4-3-5-8-12/h3-5,7-8,13H,6,9-11H2,1-2H3. The highest BCUT2D eigenvalue weighted by Gasteiger charge is 2.39. The molecule has 6 heteroatoms. The quantitative estimate of drug-likeness (QED) is 0.835. The van der Waals surface area contributed by atoms with Crippen LogP contribution in [0.1, 0.15) is 18.4 Å². The number of likely N-dealkylation sites (N-methyl/N-ethyl adjacent to an activating group) is 1. The Morgan fingerprint density at radius 1 is 1.30 bits per heavy atom. The van der Waals surface area contributed by atoms with E-state index in [1.807, 2.05) is 18.2 Å². The van der Waals surface area contributed by atoms with Crippen molar-refractivity contribution in [3.8, 4) is 0 Å². The molecule has 0 bridgehead atoms. The average molecular weight is 296 g/mol. The predicted octanol–water partition coefficient (Wildman–Crippen LogP) is 1.07. The van der Waals surface area contributed by atoms with Gasteiger partial charge in [0, 0.05) is 20.6 Å². The van der Waals surface area contributed by atoms with E-state index in [4.69, 9.17) is 0 Å². The fourth-order valence-corrected chi connectivity index (χ4v) is 4.26. The Kier molecular flexibility index (Phi) is 4.45. The van der Waals surface area contributed by atoms with Gasteiger partial charge in [-0.2, -0.15) is 4.31 Å². The van der Waals surface area contributed by atoms with E-state index in [0.29, 0.717) is 13.0 Å². The molecule has 2 rings (SSSR count). The molecule has 0 spiro atoms. The molecule has 0 aliphatic carbocycles. The van der Waals surface area contributed by atoms with Crippen LogP contribution in [0.15, 0.2) is 30.3 Å². The maximum Gasteiger partial charge on any atom is 0.240 e. The number of sulfonamides is 1. The summed E-state index contributed by atoms with van der Waals surface area (Å²) < 4.78 is 26.4. The summed E-state index contributed by atoms with van der Waals surface area (Å²) in [5.74, 6) is -0.190. The molecule has 0 saturated carbocycles. The number of hydrogen-bond acceptors (Lipinski definition) is 3. The Bertz CT molecular complexity index is 569. The van der Waals surface area contributed by atoms with E-state index < -0.39 is 16.1 Å². The number of hydrogen-bond donors (Lipinski definition) is 0. The zero-order valence-corrected chi connectivity index (χ0v) is 12.6. The SMILES string of the molecule is CN(C)C(=O)C1CCCN1S(=O)(=O)Cc1ccccc1. The second-order valence-electron chi connectivity index (χ2n) is 5.24. The molecule has 20 heavy (non-hydrogen) atoms. The summed E-state index contributed by atoms with van der Waals surface area (Å²) in [5.41, 5.74) is 0.746. The molecule has 1 fully saturated rings. The fraction of sp³-hybridized carbons (Fsp3) is 0.500. The van der Waals surface area contributed by atoms with Crippen LogP contribution >= 0.6 is 0 Å². The minimum Gasteiger partial charge on any atom is -0.347 e. The molecule has 1 amide bonds. The Morgan fingerprint density at radius 3 is 2.55 bits per heavy atom. The predicted molar refractivity (Wildman–Crippen MR) is 77.5 cm³/mol. The van der Waals surface area contributed by atoms with Crippen molar-refractivity contribution >= 4 is 15.9 Å². The van der Waals surface area contributed by atoms with Gasteiger partial charge in [-0.3, -0.25) is 4.79 Å². The monoisotopic (exact) mass is 296 g/mol. The maximum atomic E-state index is 12.5. The zero-order chi connectivity index (χ0) is 14.8. The van der Waals surface area contributed by atoms with Crippen LogP contribution in [0.5, 0.6) is 0 Å². The number of rotatable bonds is 4. The van der Waals surface area contributed by atoms with E-state index in [2.05, 4.69) is 0 Å². The molecular formula is C14H20N2O3S. The van der Waals surface area contributed by atoms with Gasteiger partial charge in [-0.25, -0.2) is 8.42 Å². The third kappa shape index (κ3) is 3.19. The summed E-state index contributed by atoms with van der Waals surface area (Å²) in [6.07, 6.45) is 1.34. The number of amides is 1. The molecule has 1 aliphatic rings. The molecular weight excluding hydrogens is 276 g/mol. The fourth-order valence-electron chi connectivity index (χ4n) is 2.49. The van der Waals surface area contributed by atoms with E-state index in [1.165, 1.54) is 9.21 Å². The molecule has 1 heterocycles. The van der Waals surface area contributed by atoms with Crippen molar-refractivity contribution in [3.63, 3.8) is 0 Å². The van der Waals surface area contributed by atoms with Gasteiger partial charge in [0.1, 0.15) is 6.04 Å². The van der Waals surface area contributed by atoms with Crippen LogP contribution < -0.4 is 0 Å². The van der Waals surface area contributed by atoms with Crippen molar-refractivity contribution in [2.45, 2.75) is 24.6 Å². The van der Waals surface area contributed by atoms with Gasteiger partial charge in [0.2, 0.25) is 15.9 Å². The number of nitrogens with zero attached hydrogens (tertiary/aromatic N) is 2. The van der Waals surface area contributed by atoms with Gasteiger partial charge in [-0.15, -0.1) is 0 Å². The van der Waals surface area contributed by atoms with Crippen molar-refractivity contribution in [2.24, 2.45) is 0 Å². The summed E-state index contributed by atoms with van der Waals surface area (Å²) in [6, 6.07) is 8.52. The second-order valence-corrected chi connectivity index (χ2v) is 7.16. The Hall–Kier alpha value is -1.40. The number of benzene rings is 1. The Balaban J connectivity index is 2.18. The maximum absolute atomic E-state index is 12.5. The van der Waals surface area contributed by atoms with Crippen LogP contribution in [-0.4, -0.2) is 50.2 Å². The van der Waals surface area contributed by atoms with Crippen LogP contribution in [0.3, 0.4) is 0 Å². The lowest BCUT2D eigenvalue weighted by molar-refractivity contribution is -0.132. The first-order valence-corrected chi connectivity index (χ1v) is 8.27. The van der Waals surface area contributed by atoms with Crippen LogP contribution in [0, 0.1) is 0 Å². The van der Waals surface area contributed by atoms with Crippen LogP contribution in [0.4, 0.5) is 0 Å². The molecule has 1 unspecified atom stereocenters. The van der Waals surface area contributed by atoms with Crippen molar-refractivity contribution in [3.05, 3.63) is 35.9 Å². The largest absolute Gasteiger partial charge is 0.347 e. The van der Waals surface area contributed by atoms with E-state index in [-0.39, 0.29) is 11.7 Å². The molecule has 110 valence electrons. The van der Waals surface area contributed by atoms with Crippen molar-refractivity contribution in [1.82, 2.24) is 9.21 Å². The van der Waals surface area contributed by atoms with Gasteiger partial charge in [0.15, 0.2) is 0 Å². The van der Waals surface area contributed by atoms with Gasteiger partial charge in [0.25, 0.3) is 0 Å². The van der Waals surface area contributed by atoms with E-state index >= 15 is 0 Å². The topological polar surface area (TPSA) is 57.7 Å². The number of carbonyl (C=O) groups excluding carboxylic acids is 1. The van der Waals surface area contributed by atoms with Crippen LogP contribution in [-0.2, 0) is 20.6 Å². The molecule has 0 aromatic heterocycles. The Labute approximate surface area is 120 Å². The lowest BCUT2D eigenvalue weighted by Gasteiger charge is -2.25. The van der Waals surface area contributed by atoms with Gasteiger partial charge < -0.3 is 4.90 Å². The third-order valence-electron chi connectivity index (χ3n) is 3.48. The van der Waals surface area contributed by atoms with Gasteiger partial charge in [-0.1, -0.05) is 30.3 Å². The normalized spacial score (nSPS) is 20.0. The summed E-state index contributed by atoms with van der Waals surface area (Å²) in [5, 5.41) is 0. The molecule has 0 N–H and O–H groups in total. The highest BCUT2D eigenvalue weighted by molar-refractivity contribution is 7.88. The highest BCUT2D eigenvalue weighted by Crippen LogP contribution is 2.24. The minimum absolute atomic E-state index is 0.0505. The first-order valence-electron chi connectivity index (χ1n) is 6.66. The first kappa shape index (κ1) is 15.0. The lowest BCUT2D eigenvalue weighted by Crippen LogP contribution is -2.45. The van der Waals surface area contributed by atoms with Crippen molar-refractivity contribution in [2.75, 3.05) is 20.6 Å². The van der Waals surface area contributed by atoms with Gasteiger partial charge in [-0.05, 0) is 18.4 Å². The van der Waals surface area contributed by atoms with Crippen LogP contribution in [0.2, 0.25) is 0 Å². The lowest BCUT2D eigenvalue weighted by atomic mass is 10.2. The molecule has 1 aromatic carbocycles. The summed E-state index contributed by atoms with van der Waals surface area (Å²) in [7, 11) is -0.144. The summed E-state index contributed by atoms with van der Waals surface area (Å²) >= 11 is 0. The van der Waals surface area contributed by atoms with Crippen molar-refractivity contribution in [1.29, 1.82) is 0 Å². The minimum atomic E-state index is -3.45. The highest BCUT2D eigenvalue weighted by atomic mass is 32.2. The molecule has 1 aliphatic heterocycles. The first-order chi connectivity index (χ1) is 9.42. The summed E-state index contributed by atoms with van der Waals surface area (Å²) in [4.78, 5) is 13.5. The second kappa shape index (κ2) is 5.93. The Morgan fingerprint density at radius 2 is 1.95 bits per heavy atom. The molecule has 1 aromatic rings. The van der Waals surface area contributed by atoms with Gasteiger partial charge in [0.05, 0.1) is 5.75 Å². The smallest absolute Gasteiger partial charge is 0.240 e. The van der Waals surface area contributed by atoms with E-state index in [1.54, 1.807) is 26.2 Å².